The van der Waals surface area contributed by atoms with Crippen molar-refractivity contribution in [3.8, 4) is 40.5 Å². The fourth-order valence-corrected chi connectivity index (χ4v) is 6.15. The molecule has 3 aromatic rings. The minimum absolute atomic E-state index is 0.0208. The van der Waals surface area contributed by atoms with E-state index in [2.05, 4.69) is 26.6 Å². The van der Waals surface area contributed by atoms with Gasteiger partial charge in [-0.3, -0.25) is 10.1 Å². The van der Waals surface area contributed by atoms with Gasteiger partial charge in [0, 0.05) is 5.56 Å². The average Bonchev–Trinajstić information content (AvgIpc) is 3.36. The van der Waals surface area contributed by atoms with Gasteiger partial charge in [0.05, 0.1) is 32.1 Å². The molecule has 0 radical (unpaired) electrons. The van der Waals surface area contributed by atoms with Crippen LogP contribution in [0.5, 0.6) is 17.2 Å². The van der Waals surface area contributed by atoms with E-state index in [4.69, 9.17) is 19.9 Å². The molecule has 0 aliphatic carbocycles. The van der Waals surface area contributed by atoms with Crippen molar-refractivity contribution in [1.82, 2.24) is 15.2 Å². The number of amides is 1. The number of nitrogen functional groups attached to an aromatic ring is 1. The van der Waals surface area contributed by atoms with E-state index in [9.17, 15) is 15.3 Å². The summed E-state index contributed by atoms with van der Waals surface area (Å²) < 4.78 is 17.0. The molecule has 38 heavy (non-hydrogen) atoms. The third-order valence-corrected chi connectivity index (χ3v) is 8.40. The molecule has 198 valence electrons. The number of ether oxygens (including phenoxy) is 3. The van der Waals surface area contributed by atoms with Crippen molar-refractivity contribution >= 4 is 51.7 Å². The Morgan fingerprint density at radius 1 is 1.11 bits per heavy atom. The average molecular weight is 572 g/mol. The highest BCUT2D eigenvalue weighted by Gasteiger charge is 2.27. The van der Waals surface area contributed by atoms with Crippen LogP contribution in [0.25, 0.3) is 11.1 Å². The zero-order chi connectivity index (χ0) is 27.8. The molecule has 3 N–H and O–H groups in total. The largest absolute Gasteiger partial charge is 0.493 e. The Morgan fingerprint density at radius 3 is 2.29 bits per heavy atom. The van der Waals surface area contributed by atoms with Gasteiger partial charge in [0.25, 0.3) is 0 Å². The van der Waals surface area contributed by atoms with Gasteiger partial charge in [-0.15, -0.1) is 10.2 Å². The molecule has 0 spiro atoms. The number of rotatable bonds is 11. The lowest BCUT2D eigenvalue weighted by Gasteiger charge is -2.18. The van der Waals surface area contributed by atoms with Crippen LogP contribution in [0.3, 0.4) is 0 Å². The Balaban J connectivity index is 2.07. The van der Waals surface area contributed by atoms with Crippen molar-refractivity contribution in [3.05, 3.63) is 23.3 Å². The summed E-state index contributed by atoms with van der Waals surface area (Å²) in [4.78, 5) is 17.4. The maximum Gasteiger partial charge on any atom is 0.239 e. The number of aromatic nitrogens is 3. The van der Waals surface area contributed by atoms with Gasteiger partial charge in [-0.2, -0.15) is 10.5 Å². The molecule has 2 heterocycles. The maximum atomic E-state index is 13.1. The Morgan fingerprint density at radius 2 is 1.76 bits per heavy atom. The predicted octanol–water partition coefficient (Wildman–Crippen LogP) is 4.57. The van der Waals surface area contributed by atoms with Crippen LogP contribution in [0.2, 0.25) is 0 Å². The van der Waals surface area contributed by atoms with E-state index in [1.54, 1.807) is 12.1 Å². The molecule has 0 aliphatic rings. The number of nitrogens with one attached hydrogen (secondary N) is 1. The number of nitriles is 2. The van der Waals surface area contributed by atoms with Gasteiger partial charge < -0.3 is 19.9 Å². The molecule has 11 nitrogen and oxygen atoms in total. The van der Waals surface area contributed by atoms with Crippen LogP contribution in [-0.2, 0) is 4.79 Å². The topological polar surface area (TPSA) is 169 Å². The standard InChI is InChI=1S/C24H25N7O4S3/c1-6-17(21(32)29-23-30-31-24(38-23)36-7-2)37-22-14(11-26)18(13(10-25)20(27)28-22)12-8-15(33-3)19(35-5)16(9-12)34-4/h8-9,17H,6-7H2,1-5H3,(H2,27,28)(H,29,30,32). The number of benzene rings is 1. The maximum absolute atomic E-state index is 13.1. The smallest absolute Gasteiger partial charge is 0.239 e. The fraction of sp³-hybridized carbons (Fsp3) is 0.333. The number of carbonyl (C=O) groups is 1. The molecule has 1 unspecified atom stereocenters. The van der Waals surface area contributed by atoms with Crippen LogP contribution in [-0.4, -0.2) is 53.4 Å². The first-order valence-corrected chi connectivity index (χ1v) is 13.9. The van der Waals surface area contributed by atoms with Crippen molar-refractivity contribution in [1.29, 1.82) is 10.5 Å². The van der Waals surface area contributed by atoms with E-state index in [0.29, 0.717) is 34.4 Å². The molecule has 0 bridgehead atoms. The summed E-state index contributed by atoms with van der Waals surface area (Å²) >= 11 is 3.90. The van der Waals surface area contributed by atoms with Crippen molar-refractivity contribution in [2.75, 3.05) is 38.1 Å². The number of nitrogens with zero attached hydrogens (tertiary/aromatic N) is 5. The first-order chi connectivity index (χ1) is 18.3. The molecule has 0 aliphatic heterocycles. The highest BCUT2D eigenvalue weighted by Crippen LogP contribution is 2.44. The summed E-state index contributed by atoms with van der Waals surface area (Å²) in [5, 5.41) is 30.9. The highest BCUT2D eigenvalue weighted by molar-refractivity contribution is 8.01. The van der Waals surface area contributed by atoms with Crippen LogP contribution in [0.15, 0.2) is 21.5 Å². The summed E-state index contributed by atoms with van der Waals surface area (Å²) in [6.45, 7) is 3.85. The second kappa shape index (κ2) is 13.2. The summed E-state index contributed by atoms with van der Waals surface area (Å²) in [5.74, 6) is 1.48. The molecular formula is C24H25N7O4S3. The molecule has 0 saturated carbocycles. The Bertz CT molecular complexity index is 1390. The number of carbonyl (C=O) groups excluding carboxylic acids is 1. The second-order valence-corrected chi connectivity index (χ2v) is 11.1. The van der Waals surface area contributed by atoms with Gasteiger partial charge in [-0.05, 0) is 29.9 Å². The van der Waals surface area contributed by atoms with Crippen LogP contribution in [0, 0.1) is 22.7 Å². The van der Waals surface area contributed by atoms with E-state index >= 15 is 0 Å². The Kier molecular flexibility index (Phi) is 10.0. The van der Waals surface area contributed by atoms with Crippen LogP contribution < -0.4 is 25.3 Å². The third kappa shape index (κ3) is 6.05. The normalized spacial score (nSPS) is 11.2. The van der Waals surface area contributed by atoms with Gasteiger partial charge in [0.2, 0.25) is 16.8 Å². The number of hydrogen-bond donors (Lipinski definition) is 2. The number of hydrogen-bond acceptors (Lipinski definition) is 13. The molecule has 1 aromatic carbocycles. The van der Waals surface area contributed by atoms with E-state index in [0.717, 1.165) is 21.9 Å². The van der Waals surface area contributed by atoms with Crippen LogP contribution in [0.4, 0.5) is 10.9 Å². The minimum Gasteiger partial charge on any atom is -0.493 e. The molecular weight excluding hydrogens is 547 g/mol. The van der Waals surface area contributed by atoms with Crippen molar-refractivity contribution in [2.45, 2.75) is 34.9 Å². The monoisotopic (exact) mass is 571 g/mol. The number of anilines is 2. The molecule has 0 saturated heterocycles. The van der Waals surface area contributed by atoms with Crippen LogP contribution >= 0.6 is 34.9 Å². The quantitative estimate of drug-likeness (QED) is 0.243. The Hall–Kier alpha value is -3.72. The summed E-state index contributed by atoms with van der Waals surface area (Å²) in [6.07, 6.45) is 0.428. The van der Waals surface area contributed by atoms with E-state index in [1.807, 2.05) is 19.9 Å². The van der Waals surface area contributed by atoms with Gasteiger partial charge in [-0.1, -0.05) is 48.7 Å². The van der Waals surface area contributed by atoms with Crippen molar-refractivity contribution in [2.24, 2.45) is 0 Å². The SMILES string of the molecule is CCSc1nnc(NC(=O)C(CC)Sc2nc(N)c(C#N)c(-c3cc(OC)c(OC)c(OC)c3)c2C#N)s1. The molecule has 0 fully saturated rings. The Labute approximate surface area is 232 Å². The van der Waals surface area contributed by atoms with Crippen molar-refractivity contribution in [3.63, 3.8) is 0 Å². The minimum atomic E-state index is -0.624. The summed E-state index contributed by atoms with van der Waals surface area (Å²) in [5.41, 5.74) is 6.99. The van der Waals surface area contributed by atoms with Gasteiger partial charge in [-0.25, -0.2) is 4.98 Å². The molecule has 1 atom stereocenters. The summed E-state index contributed by atoms with van der Waals surface area (Å²) in [7, 11) is 4.40. The summed E-state index contributed by atoms with van der Waals surface area (Å²) in [6, 6.07) is 7.44. The molecule has 14 heteroatoms. The van der Waals surface area contributed by atoms with E-state index in [1.165, 1.54) is 44.4 Å². The first-order valence-electron chi connectivity index (χ1n) is 11.2. The second-order valence-electron chi connectivity index (χ2n) is 7.37. The molecule has 2 aromatic heterocycles. The molecule has 3 rings (SSSR count). The lowest BCUT2D eigenvalue weighted by Crippen LogP contribution is -2.25. The number of pyridine rings is 1. The number of nitrogens with two attached hydrogens (primary N) is 1. The van der Waals surface area contributed by atoms with Crippen LogP contribution in [0.1, 0.15) is 31.4 Å². The third-order valence-electron chi connectivity index (χ3n) is 5.19. The zero-order valence-corrected chi connectivity index (χ0v) is 23.8. The first kappa shape index (κ1) is 28.8. The number of thioether (sulfide) groups is 2. The van der Waals surface area contributed by atoms with Gasteiger partial charge >= 0.3 is 0 Å². The predicted molar refractivity (Wildman–Crippen MR) is 148 cm³/mol. The highest BCUT2D eigenvalue weighted by atomic mass is 32.2. The fourth-order valence-electron chi connectivity index (χ4n) is 3.48. The van der Waals surface area contributed by atoms with E-state index < -0.39 is 5.25 Å². The van der Waals surface area contributed by atoms with Crippen molar-refractivity contribution < 1.29 is 19.0 Å². The van der Waals surface area contributed by atoms with E-state index in [-0.39, 0.29) is 33.4 Å². The van der Waals surface area contributed by atoms with Gasteiger partial charge in [0.1, 0.15) is 28.5 Å². The number of methoxy groups -OCH3 is 3. The zero-order valence-electron chi connectivity index (χ0n) is 21.3. The lowest BCUT2D eigenvalue weighted by atomic mass is 9.96. The van der Waals surface area contributed by atoms with Gasteiger partial charge in [0.15, 0.2) is 15.8 Å². The molecule has 1 amide bonds. The lowest BCUT2D eigenvalue weighted by molar-refractivity contribution is -0.115.